The summed E-state index contributed by atoms with van der Waals surface area (Å²) in [4.78, 5) is 27.1. The normalized spacial score (nSPS) is 15.6. The number of hydrogen-bond acceptors (Lipinski definition) is 6. The van der Waals surface area contributed by atoms with Gasteiger partial charge in [0.1, 0.15) is 0 Å². The Morgan fingerprint density at radius 2 is 1.41 bits per heavy atom. The van der Waals surface area contributed by atoms with Gasteiger partial charge in [-0.25, -0.2) is 4.99 Å². The first-order valence-corrected chi connectivity index (χ1v) is 8.40. The minimum Gasteiger partial charge on any atom is -0.621 e. The van der Waals surface area contributed by atoms with Gasteiger partial charge in [-0.2, -0.15) is 4.99 Å². The third-order valence-corrected chi connectivity index (χ3v) is 4.16. The summed E-state index contributed by atoms with van der Waals surface area (Å²) in [5.74, 6) is 1.26. The van der Waals surface area contributed by atoms with Crippen molar-refractivity contribution in [2.24, 2.45) is 9.98 Å². The Balaban J connectivity index is -0.0000000551. The molecule has 0 aromatic rings. The summed E-state index contributed by atoms with van der Waals surface area (Å²) >= 11 is 3.91. The van der Waals surface area contributed by atoms with E-state index in [0.29, 0.717) is 27.3 Å². The smallest absolute Gasteiger partial charge is 0.259 e. The third kappa shape index (κ3) is 24.6. The van der Waals surface area contributed by atoms with E-state index >= 15 is 0 Å². The fraction of sp³-hybridized carbons (Fsp3) is 0.333. The Morgan fingerprint density at radius 1 is 0.852 bits per heavy atom. The van der Waals surface area contributed by atoms with Crippen molar-refractivity contribution in [3.05, 3.63) is 28.5 Å². The van der Waals surface area contributed by atoms with Gasteiger partial charge in [-0.05, 0) is 0 Å². The predicted octanol–water partition coefficient (Wildman–Crippen LogP) is 3.06. The van der Waals surface area contributed by atoms with Crippen LogP contribution in [0.15, 0.2) is 33.2 Å². The molecule has 0 bridgehead atoms. The second-order valence-corrected chi connectivity index (χ2v) is 6.51. The summed E-state index contributed by atoms with van der Waals surface area (Å²) in [5, 5.41) is 21.7. The summed E-state index contributed by atoms with van der Waals surface area (Å²) in [6, 6.07) is 0. The summed E-state index contributed by atoms with van der Waals surface area (Å²) in [6.07, 6.45) is 0. The maximum Gasteiger partial charge on any atom is 0.259 e. The Bertz CT molecular complexity index is 504. The van der Waals surface area contributed by atoms with Gasteiger partial charge in [0.2, 0.25) is 0 Å². The van der Waals surface area contributed by atoms with Crippen LogP contribution in [0, 0.1) is 0 Å². The molecule has 2 amide bonds. The Morgan fingerprint density at radius 3 is 1.52 bits per heavy atom. The van der Waals surface area contributed by atoms with Crippen molar-refractivity contribution in [2.75, 3.05) is 17.3 Å². The van der Waals surface area contributed by atoms with Gasteiger partial charge in [0.15, 0.2) is 5.90 Å². The molecule has 5 radical (unpaired) electrons. The Labute approximate surface area is 298 Å². The molecule has 2 N–H and O–H groups in total. The van der Waals surface area contributed by atoms with E-state index in [1.54, 1.807) is 0 Å². The Kier molecular flexibility index (Phi) is 43.7. The van der Waals surface area contributed by atoms with Gasteiger partial charge in [-0.3, -0.25) is 4.79 Å². The molecule has 137 valence electrons. The molecule has 1 fully saturated rings. The molecule has 0 unspecified atom stereocenters. The van der Waals surface area contributed by atoms with Crippen molar-refractivity contribution >= 4 is 58.2 Å². The molecule has 0 aliphatic carbocycles. The number of thioether (sulfide) groups is 3. The van der Waals surface area contributed by atoms with Crippen LogP contribution < -0.4 is 0 Å². The number of carbonyl (C=O) groups is 2. The average Bonchev–Trinajstić information content (AvgIpc) is 3.06. The largest absolute Gasteiger partial charge is 0.621 e. The summed E-state index contributed by atoms with van der Waals surface area (Å²) in [6.45, 7) is 7.00. The van der Waals surface area contributed by atoms with Crippen LogP contribution in [0.2, 0.25) is 0 Å². The first-order chi connectivity index (χ1) is 9.86. The van der Waals surface area contributed by atoms with Crippen LogP contribution in [0.3, 0.4) is 0 Å². The summed E-state index contributed by atoms with van der Waals surface area (Å²) < 4.78 is 0. The quantitative estimate of drug-likeness (QED) is 0.388. The zero-order valence-electron chi connectivity index (χ0n) is 13.7. The zero-order valence-corrected chi connectivity index (χ0v) is 30.3. The van der Waals surface area contributed by atoms with Crippen LogP contribution in [0.25, 0.3) is 5.32 Å². The molecule has 1 saturated heterocycles. The number of nitrogens with zero attached hydrogens (tertiary/aromatic N) is 3. The van der Waals surface area contributed by atoms with E-state index in [9.17, 15) is 9.59 Å². The molecule has 15 heteroatoms. The minimum absolute atomic E-state index is 0. The number of hydrogen-bond donors (Lipinski definition) is 2. The summed E-state index contributed by atoms with van der Waals surface area (Å²) in [5.41, 5.74) is 0. The molecule has 0 spiro atoms. The van der Waals surface area contributed by atoms with Crippen molar-refractivity contribution in [3.8, 4) is 0 Å². The van der Waals surface area contributed by atoms with Crippen LogP contribution in [0.4, 0.5) is 0 Å². The van der Waals surface area contributed by atoms with Crippen LogP contribution in [-0.4, -0.2) is 50.4 Å². The molecule has 3 aliphatic heterocycles. The SMILES string of the molecule is C.C=C1N=C(O)CS1.C=C1[N-]C(=O)CS1.O=C1CSC(O)=N1.[Y].[Y].[Y].[Y].[Y]. The molecule has 3 rings (SSSR count). The van der Waals surface area contributed by atoms with Gasteiger partial charge in [0.05, 0.1) is 22.4 Å². The number of carbonyl (C=O) groups excluding carboxylic acids is 2. The average molecular weight is 807 g/mol. The van der Waals surface area contributed by atoms with E-state index in [2.05, 4.69) is 28.5 Å². The molecular weight excluding hydrogens is 791 g/mol. The minimum atomic E-state index is -0.248. The number of aliphatic hydroxyl groups is 2. The van der Waals surface area contributed by atoms with E-state index in [-0.39, 0.29) is 194 Å². The molecule has 0 saturated carbocycles. The van der Waals surface area contributed by atoms with Crippen LogP contribution in [0.1, 0.15) is 7.43 Å². The van der Waals surface area contributed by atoms with E-state index in [0.717, 1.165) is 11.8 Å². The molecule has 7 nitrogen and oxygen atoms in total. The van der Waals surface area contributed by atoms with Gasteiger partial charge >= 0.3 is 0 Å². The molecule has 0 aromatic carbocycles. The number of rotatable bonds is 0. The van der Waals surface area contributed by atoms with E-state index < -0.39 is 0 Å². The first-order valence-electron chi connectivity index (χ1n) is 5.44. The van der Waals surface area contributed by atoms with Crippen LogP contribution in [-0.2, 0) is 173 Å². The predicted molar refractivity (Wildman–Crippen MR) is 95.9 cm³/mol. The number of amides is 2. The maximum atomic E-state index is 10.2. The van der Waals surface area contributed by atoms with Gasteiger partial charge in [-0.1, -0.05) is 37.5 Å². The molecule has 3 heterocycles. The second kappa shape index (κ2) is 26.4. The van der Waals surface area contributed by atoms with Crippen molar-refractivity contribution in [1.29, 1.82) is 0 Å². The molecule has 0 atom stereocenters. The molecular formula is C12H16N3O4S3Y5-. The Hall–Kier alpha value is 4.13. The van der Waals surface area contributed by atoms with Gasteiger partial charge in [-0.15, -0.1) is 23.4 Å². The van der Waals surface area contributed by atoms with E-state index in [1.165, 1.54) is 23.5 Å². The first kappa shape index (κ1) is 44.7. The van der Waals surface area contributed by atoms with Crippen LogP contribution >= 0.6 is 35.3 Å². The van der Waals surface area contributed by atoms with Crippen molar-refractivity contribution in [3.63, 3.8) is 0 Å². The molecule has 3 aliphatic rings. The maximum absolute atomic E-state index is 10.2. The van der Waals surface area contributed by atoms with E-state index in [1.807, 2.05) is 0 Å². The van der Waals surface area contributed by atoms with Crippen molar-refractivity contribution in [2.45, 2.75) is 7.43 Å². The molecule has 27 heavy (non-hydrogen) atoms. The van der Waals surface area contributed by atoms with Gasteiger partial charge < -0.3 is 20.3 Å². The fourth-order valence-electron chi connectivity index (χ4n) is 1.00. The van der Waals surface area contributed by atoms with Crippen molar-refractivity contribution in [1.82, 2.24) is 0 Å². The van der Waals surface area contributed by atoms with Gasteiger partial charge in [0.25, 0.3) is 11.1 Å². The number of aliphatic imine (C=N–C) groups is 2. The number of aliphatic hydroxyl groups excluding tert-OH is 2. The summed E-state index contributed by atoms with van der Waals surface area (Å²) in [7, 11) is 0. The van der Waals surface area contributed by atoms with E-state index in [4.69, 9.17) is 10.2 Å². The van der Waals surface area contributed by atoms with Crippen LogP contribution in [0.5, 0.6) is 0 Å². The van der Waals surface area contributed by atoms with Crippen molar-refractivity contribution < 1.29 is 183 Å². The standard InChI is InChI=1S/2C4H5NOS.C3H3NO2S.CH4.5Y/c2*1-3-5-4(6)2-7-3;5-2-1-7-3(6)4-2;;;;;;/h2*1-2H2,(H,5,6);1H2,(H,4,5,6);1H4;;;;;/p-1. The molecule has 0 aromatic heterocycles. The van der Waals surface area contributed by atoms with Gasteiger partial charge in [0, 0.05) is 169 Å². The fourth-order valence-corrected chi connectivity index (χ4v) is 2.54. The topological polar surface area (TPSA) is 113 Å². The zero-order chi connectivity index (χ0) is 15.8. The monoisotopic (exact) mass is 807 g/mol. The second-order valence-electron chi connectivity index (χ2n) is 3.48. The third-order valence-electron chi connectivity index (χ3n) is 1.78.